The highest BCUT2D eigenvalue weighted by atomic mass is 35.5. The third kappa shape index (κ3) is 5.42. The number of carbonyl (C=O) groups is 1. The zero-order valence-electron chi connectivity index (χ0n) is 9.62. The summed E-state index contributed by atoms with van der Waals surface area (Å²) in [6.45, 7) is 0.641. The van der Waals surface area contributed by atoms with Crippen molar-refractivity contribution in [2.24, 2.45) is 0 Å². The van der Waals surface area contributed by atoms with Gasteiger partial charge < -0.3 is 4.74 Å². The Morgan fingerprint density at radius 2 is 1.94 bits per heavy atom. The van der Waals surface area contributed by atoms with Crippen LogP contribution in [0.2, 0.25) is 5.02 Å². The van der Waals surface area contributed by atoms with Gasteiger partial charge in [-0.3, -0.25) is 4.79 Å². The van der Waals surface area contributed by atoms with Gasteiger partial charge in [-0.05, 0) is 31.0 Å². The van der Waals surface area contributed by atoms with Crippen molar-refractivity contribution in [2.45, 2.75) is 25.7 Å². The van der Waals surface area contributed by atoms with Crippen LogP contribution in [0.5, 0.6) is 5.75 Å². The molecule has 0 heterocycles. The van der Waals surface area contributed by atoms with E-state index in [4.69, 9.17) is 27.9 Å². The Labute approximate surface area is 112 Å². The fourth-order valence-electron chi connectivity index (χ4n) is 1.44. The van der Waals surface area contributed by atoms with E-state index in [-0.39, 0.29) is 0 Å². The van der Waals surface area contributed by atoms with Crippen LogP contribution in [0.3, 0.4) is 0 Å². The minimum Gasteiger partial charge on any atom is -0.492 e. The third-order valence-corrected chi connectivity index (χ3v) is 2.94. The average molecular weight is 275 g/mol. The topological polar surface area (TPSA) is 26.3 Å². The number of halogens is 2. The molecule has 94 valence electrons. The Hall–Kier alpha value is -0.730. The monoisotopic (exact) mass is 274 g/mol. The maximum Gasteiger partial charge on any atom is 0.150 e. The van der Waals surface area contributed by atoms with E-state index in [0.29, 0.717) is 22.9 Å². The van der Waals surface area contributed by atoms with Gasteiger partial charge in [0.2, 0.25) is 0 Å². The zero-order valence-corrected chi connectivity index (χ0v) is 11.1. The van der Waals surface area contributed by atoms with E-state index in [1.165, 1.54) is 0 Å². The molecule has 1 aromatic carbocycles. The number of carbonyl (C=O) groups excluding carboxylic acids is 1. The number of rotatable bonds is 8. The zero-order chi connectivity index (χ0) is 12.5. The molecule has 0 bridgehead atoms. The molecule has 0 unspecified atom stereocenters. The number of ether oxygens (including phenoxy) is 1. The molecule has 0 amide bonds. The van der Waals surface area contributed by atoms with Crippen LogP contribution in [0.25, 0.3) is 0 Å². The van der Waals surface area contributed by atoms with Gasteiger partial charge in [0.05, 0.1) is 11.6 Å². The number of alkyl halides is 1. The van der Waals surface area contributed by atoms with Crippen LogP contribution >= 0.6 is 23.2 Å². The van der Waals surface area contributed by atoms with Crippen LogP contribution in [-0.2, 0) is 0 Å². The molecule has 0 aromatic heterocycles. The van der Waals surface area contributed by atoms with Crippen LogP contribution in [0.4, 0.5) is 0 Å². The molecule has 0 radical (unpaired) electrons. The molecule has 4 heteroatoms. The van der Waals surface area contributed by atoms with Crippen molar-refractivity contribution in [1.29, 1.82) is 0 Å². The van der Waals surface area contributed by atoms with Gasteiger partial charge in [-0.1, -0.05) is 24.4 Å². The second kappa shape index (κ2) is 8.37. The highest BCUT2D eigenvalue weighted by Gasteiger charge is 2.02. The standard InChI is InChI=1S/C13H16Cl2O2/c14-7-3-1-2-4-8-17-13-6-5-11(10-16)9-12(13)15/h5-6,9-10H,1-4,7-8H2. The van der Waals surface area contributed by atoms with Gasteiger partial charge in [-0.2, -0.15) is 0 Å². The van der Waals surface area contributed by atoms with Crippen molar-refractivity contribution in [1.82, 2.24) is 0 Å². The molecule has 2 nitrogen and oxygen atoms in total. The Bertz CT molecular complexity index is 353. The molecule has 0 atom stereocenters. The van der Waals surface area contributed by atoms with E-state index in [2.05, 4.69) is 0 Å². The molecule has 0 aliphatic heterocycles. The Kier molecular flexibility index (Phi) is 7.06. The van der Waals surface area contributed by atoms with E-state index in [1.54, 1.807) is 18.2 Å². The smallest absolute Gasteiger partial charge is 0.150 e. The van der Waals surface area contributed by atoms with E-state index in [0.717, 1.165) is 37.8 Å². The molecule has 0 aliphatic carbocycles. The summed E-state index contributed by atoms with van der Waals surface area (Å²) in [7, 11) is 0. The van der Waals surface area contributed by atoms with Gasteiger partial charge in [-0.15, -0.1) is 11.6 Å². The first-order valence-corrected chi connectivity index (χ1v) is 6.62. The number of unbranched alkanes of at least 4 members (excludes halogenated alkanes) is 3. The van der Waals surface area contributed by atoms with Crippen molar-refractivity contribution in [2.75, 3.05) is 12.5 Å². The minimum absolute atomic E-state index is 0.482. The van der Waals surface area contributed by atoms with Crippen LogP contribution in [0.15, 0.2) is 18.2 Å². The third-order valence-electron chi connectivity index (χ3n) is 2.38. The van der Waals surface area contributed by atoms with Gasteiger partial charge >= 0.3 is 0 Å². The second-order valence-electron chi connectivity index (χ2n) is 3.76. The highest BCUT2D eigenvalue weighted by molar-refractivity contribution is 6.32. The summed E-state index contributed by atoms with van der Waals surface area (Å²) in [4.78, 5) is 10.5. The lowest BCUT2D eigenvalue weighted by atomic mass is 10.2. The first kappa shape index (κ1) is 14.3. The molecule has 0 saturated heterocycles. The summed E-state index contributed by atoms with van der Waals surface area (Å²) >= 11 is 11.6. The Balaban J connectivity index is 2.29. The second-order valence-corrected chi connectivity index (χ2v) is 4.54. The lowest BCUT2D eigenvalue weighted by Crippen LogP contribution is -1.98. The maximum absolute atomic E-state index is 10.5. The molecule has 0 spiro atoms. The molecule has 17 heavy (non-hydrogen) atoms. The van der Waals surface area contributed by atoms with Gasteiger partial charge in [0.25, 0.3) is 0 Å². The van der Waals surface area contributed by atoms with Crippen molar-refractivity contribution in [3.8, 4) is 5.75 Å². The van der Waals surface area contributed by atoms with Gasteiger partial charge in [0.1, 0.15) is 12.0 Å². The molecule has 0 fully saturated rings. The summed E-state index contributed by atoms with van der Waals surface area (Å²) < 4.78 is 5.54. The number of hydrogen-bond acceptors (Lipinski definition) is 2. The normalized spacial score (nSPS) is 10.2. The molecule has 0 N–H and O–H groups in total. The molecular formula is C13H16Cl2O2. The number of benzene rings is 1. The number of aldehydes is 1. The Morgan fingerprint density at radius 3 is 2.59 bits per heavy atom. The summed E-state index contributed by atoms with van der Waals surface area (Å²) in [5.41, 5.74) is 0.560. The summed E-state index contributed by atoms with van der Waals surface area (Å²) in [5.74, 6) is 1.36. The lowest BCUT2D eigenvalue weighted by Gasteiger charge is -2.08. The first-order chi connectivity index (χ1) is 8.27. The molecule has 1 rings (SSSR count). The van der Waals surface area contributed by atoms with Gasteiger partial charge in [0.15, 0.2) is 0 Å². The van der Waals surface area contributed by atoms with Crippen LogP contribution in [0, 0.1) is 0 Å². The van der Waals surface area contributed by atoms with Crippen molar-refractivity contribution in [3.63, 3.8) is 0 Å². The first-order valence-electron chi connectivity index (χ1n) is 5.71. The van der Waals surface area contributed by atoms with Crippen molar-refractivity contribution >= 4 is 29.5 Å². The fourth-order valence-corrected chi connectivity index (χ4v) is 1.87. The summed E-state index contributed by atoms with van der Waals surface area (Å²) in [6, 6.07) is 5.03. The summed E-state index contributed by atoms with van der Waals surface area (Å²) in [6.07, 6.45) is 5.04. The lowest BCUT2D eigenvalue weighted by molar-refractivity contribution is 0.112. The predicted octanol–water partition coefficient (Wildman–Crippen LogP) is 4.33. The Morgan fingerprint density at radius 1 is 1.18 bits per heavy atom. The average Bonchev–Trinajstić information content (AvgIpc) is 2.35. The fraction of sp³-hybridized carbons (Fsp3) is 0.462. The van der Waals surface area contributed by atoms with E-state index in [1.807, 2.05) is 0 Å². The van der Waals surface area contributed by atoms with Crippen LogP contribution in [-0.4, -0.2) is 18.8 Å². The quantitative estimate of drug-likeness (QED) is 0.401. The largest absolute Gasteiger partial charge is 0.492 e. The summed E-state index contributed by atoms with van der Waals surface area (Å²) in [5, 5.41) is 0.482. The van der Waals surface area contributed by atoms with Crippen molar-refractivity contribution < 1.29 is 9.53 Å². The van der Waals surface area contributed by atoms with E-state index < -0.39 is 0 Å². The maximum atomic E-state index is 10.5. The van der Waals surface area contributed by atoms with Crippen LogP contribution in [0.1, 0.15) is 36.0 Å². The van der Waals surface area contributed by atoms with E-state index >= 15 is 0 Å². The molecular weight excluding hydrogens is 259 g/mol. The predicted molar refractivity (Wildman–Crippen MR) is 71.5 cm³/mol. The highest BCUT2D eigenvalue weighted by Crippen LogP contribution is 2.25. The van der Waals surface area contributed by atoms with Crippen LogP contribution < -0.4 is 4.74 Å². The number of hydrogen-bond donors (Lipinski definition) is 0. The SMILES string of the molecule is O=Cc1ccc(OCCCCCCCl)c(Cl)c1. The van der Waals surface area contributed by atoms with Gasteiger partial charge in [0, 0.05) is 11.4 Å². The van der Waals surface area contributed by atoms with Gasteiger partial charge in [-0.25, -0.2) is 0 Å². The van der Waals surface area contributed by atoms with E-state index in [9.17, 15) is 4.79 Å². The molecule has 0 aliphatic rings. The van der Waals surface area contributed by atoms with Crippen molar-refractivity contribution in [3.05, 3.63) is 28.8 Å². The minimum atomic E-state index is 0.482. The molecule has 1 aromatic rings. The molecule has 0 saturated carbocycles.